The molecule has 0 fully saturated rings. The summed E-state index contributed by atoms with van der Waals surface area (Å²) in [6.07, 6.45) is 2.83. The van der Waals surface area contributed by atoms with Crippen molar-refractivity contribution in [3.63, 3.8) is 0 Å². The number of carbonyl (C=O) groups excluding carboxylic acids is 2. The molecule has 0 heterocycles. The zero-order valence-electron chi connectivity index (χ0n) is 18.3. The van der Waals surface area contributed by atoms with Crippen LogP contribution in [-0.2, 0) is 14.3 Å². The highest BCUT2D eigenvalue weighted by Gasteiger charge is 2.21. The molecule has 0 bridgehead atoms. The van der Waals surface area contributed by atoms with Crippen molar-refractivity contribution in [1.82, 2.24) is 4.90 Å². The van der Waals surface area contributed by atoms with Gasteiger partial charge in [-0.25, -0.2) is 4.79 Å². The van der Waals surface area contributed by atoms with Crippen molar-refractivity contribution in [2.24, 2.45) is 0 Å². The minimum atomic E-state index is -0.733. The maximum absolute atomic E-state index is 12.5. The first-order chi connectivity index (χ1) is 14.2. The highest BCUT2D eigenvalue weighted by molar-refractivity contribution is 5.98. The van der Waals surface area contributed by atoms with E-state index < -0.39 is 5.97 Å². The first-order valence-electron chi connectivity index (χ1n) is 9.85. The average molecular weight is 415 g/mol. The van der Waals surface area contributed by atoms with Crippen LogP contribution >= 0.6 is 0 Å². The fraction of sp³-hybridized carbons (Fsp3) is 0.435. The summed E-state index contributed by atoms with van der Waals surface area (Å²) in [6, 6.07) is 6.90. The number of nitriles is 1. The monoisotopic (exact) mass is 414 g/mol. The lowest BCUT2D eigenvalue weighted by molar-refractivity contribution is -0.138. The van der Waals surface area contributed by atoms with Gasteiger partial charge in [0.15, 0.2) is 18.1 Å². The number of amides is 1. The Labute approximate surface area is 178 Å². The largest absolute Gasteiger partial charge is 0.490 e. The van der Waals surface area contributed by atoms with Gasteiger partial charge in [-0.15, -0.1) is 0 Å². The molecule has 1 rings (SSSR count). The van der Waals surface area contributed by atoms with Crippen LogP contribution in [0.4, 0.5) is 0 Å². The van der Waals surface area contributed by atoms with Crippen LogP contribution in [0.3, 0.4) is 0 Å². The Hall–Kier alpha value is -3.27. The van der Waals surface area contributed by atoms with Crippen molar-refractivity contribution in [1.29, 1.82) is 5.26 Å². The third-order valence-electron chi connectivity index (χ3n) is 4.00. The minimum absolute atomic E-state index is 0.0205. The molecule has 7 nitrogen and oxygen atoms in total. The molecule has 0 saturated heterocycles. The minimum Gasteiger partial charge on any atom is -0.490 e. The summed E-state index contributed by atoms with van der Waals surface area (Å²) in [5.41, 5.74) is 0.419. The molecule has 0 radical (unpaired) electrons. The van der Waals surface area contributed by atoms with Gasteiger partial charge in [-0.1, -0.05) is 18.7 Å². The van der Waals surface area contributed by atoms with Crippen molar-refractivity contribution in [2.75, 3.05) is 19.8 Å². The Morgan fingerprint density at radius 3 is 2.37 bits per heavy atom. The smallest absolute Gasteiger partial charge is 0.349 e. The molecule has 0 aliphatic rings. The van der Waals surface area contributed by atoms with Crippen LogP contribution < -0.4 is 9.47 Å². The number of carbonyl (C=O) groups is 2. The lowest BCUT2D eigenvalue weighted by Gasteiger charge is -2.30. The Kier molecular flexibility index (Phi) is 10.2. The normalized spacial score (nSPS) is 11.1. The number of ether oxygens (including phenoxy) is 3. The Morgan fingerprint density at radius 1 is 1.17 bits per heavy atom. The van der Waals surface area contributed by atoms with Gasteiger partial charge in [0.2, 0.25) is 0 Å². The lowest BCUT2D eigenvalue weighted by atomic mass is 10.1. The van der Waals surface area contributed by atoms with Crippen LogP contribution in [0, 0.1) is 11.3 Å². The molecule has 0 aliphatic carbocycles. The molecule has 0 N–H and O–H groups in total. The van der Waals surface area contributed by atoms with Gasteiger partial charge in [-0.2, -0.15) is 5.26 Å². The maximum Gasteiger partial charge on any atom is 0.349 e. The summed E-state index contributed by atoms with van der Waals surface area (Å²) in [5.74, 6) is -0.0362. The van der Waals surface area contributed by atoms with Crippen molar-refractivity contribution in [3.05, 3.63) is 42.0 Å². The molecule has 30 heavy (non-hydrogen) atoms. The summed E-state index contributed by atoms with van der Waals surface area (Å²) in [6.45, 7) is 13.4. The van der Waals surface area contributed by atoms with Crippen LogP contribution in [0.1, 0.15) is 40.2 Å². The Balaban J connectivity index is 3.05. The molecule has 0 unspecified atom stereocenters. The van der Waals surface area contributed by atoms with Crippen molar-refractivity contribution >= 4 is 18.0 Å². The van der Waals surface area contributed by atoms with Crippen molar-refractivity contribution in [2.45, 2.75) is 46.7 Å². The highest BCUT2D eigenvalue weighted by Crippen LogP contribution is 2.29. The van der Waals surface area contributed by atoms with Gasteiger partial charge in [0.1, 0.15) is 18.2 Å². The second kappa shape index (κ2) is 12.3. The van der Waals surface area contributed by atoms with E-state index in [0.29, 0.717) is 23.7 Å². The second-order valence-corrected chi connectivity index (χ2v) is 6.97. The van der Waals surface area contributed by atoms with Crippen LogP contribution in [-0.4, -0.2) is 48.7 Å². The van der Waals surface area contributed by atoms with Gasteiger partial charge in [-0.3, -0.25) is 4.79 Å². The number of hydrogen-bond acceptors (Lipinski definition) is 6. The van der Waals surface area contributed by atoms with Crippen LogP contribution in [0.5, 0.6) is 11.5 Å². The first-order valence-corrected chi connectivity index (χ1v) is 9.85. The van der Waals surface area contributed by atoms with E-state index in [1.807, 2.05) is 40.7 Å². The molecule has 1 amide bonds. The molecule has 0 aromatic heterocycles. The molecule has 0 aliphatic heterocycles. The summed E-state index contributed by atoms with van der Waals surface area (Å²) < 4.78 is 16.2. The summed E-state index contributed by atoms with van der Waals surface area (Å²) in [4.78, 5) is 26.2. The van der Waals surface area contributed by atoms with Gasteiger partial charge in [0.25, 0.3) is 5.91 Å². The predicted molar refractivity (Wildman–Crippen MR) is 115 cm³/mol. The number of esters is 1. The van der Waals surface area contributed by atoms with Crippen LogP contribution in [0.25, 0.3) is 6.08 Å². The molecular formula is C23H30N2O5. The fourth-order valence-electron chi connectivity index (χ4n) is 2.90. The molecule has 1 aromatic rings. The summed E-state index contributed by atoms with van der Waals surface area (Å²) in [5, 5.41) is 9.23. The van der Waals surface area contributed by atoms with E-state index in [0.717, 1.165) is 0 Å². The second-order valence-electron chi connectivity index (χ2n) is 6.97. The maximum atomic E-state index is 12.5. The van der Waals surface area contributed by atoms with E-state index >= 15 is 0 Å². The Bertz CT molecular complexity index is 813. The summed E-state index contributed by atoms with van der Waals surface area (Å²) in [7, 11) is 0. The van der Waals surface area contributed by atoms with Gasteiger partial charge < -0.3 is 19.1 Å². The SMILES string of the molecule is C=CCOC(=O)/C(C#N)=C/c1ccc(OCC(=O)N(C(C)C)C(C)C)c(OCC)c1. The van der Waals surface area contributed by atoms with Gasteiger partial charge in [-0.05, 0) is 58.4 Å². The molecule has 1 aromatic carbocycles. The van der Waals surface area contributed by atoms with E-state index in [1.165, 1.54) is 12.2 Å². The lowest BCUT2D eigenvalue weighted by Crippen LogP contribution is -2.44. The highest BCUT2D eigenvalue weighted by atomic mass is 16.5. The van der Waals surface area contributed by atoms with E-state index in [2.05, 4.69) is 6.58 Å². The third-order valence-corrected chi connectivity index (χ3v) is 4.00. The fourth-order valence-corrected chi connectivity index (χ4v) is 2.90. The van der Waals surface area contributed by atoms with E-state index in [4.69, 9.17) is 14.2 Å². The molecule has 7 heteroatoms. The van der Waals surface area contributed by atoms with Gasteiger partial charge in [0.05, 0.1) is 6.61 Å². The van der Waals surface area contributed by atoms with Crippen molar-refractivity contribution < 1.29 is 23.8 Å². The van der Waals surface area contributed by atoms with Gasteiger partial charge in [0, 0.05) is 12.1 Å². The van der Waals surface area contributed by atoms with Crippen LogP contribution in [0.2, 0.25) is 0 Å². The number of benzene rings is 1. The molecule has 0 atom stereocenters. The number of hydrogen-bond donors (Lipinski definition) is 0. The average Bonchev–Trinajstić information content (AvgIpc) is 2.69. The summed E-state index contributed by atoms with van der Waals surface area (Å²) >= 11 is 0. The zero-order chi connectivity index (χ0) is 22.7. The van der Waals surface area contributed by atoms with Crippen molar-refractivity contribution in [3.8, 4) is 17.6 Å². The molecule has 0 saturated carbocycles. The van der Waals surface area contributed by atoms with E-state index in [-0.39, 0.29) is 36.8 Å². The zero-order valence-corrected chi connectivity index (χ0v) is 18.3. The quantitative estimate of drug-likeness (QED) is 0.237. The molecular weight excluding hydrogens is 384 g/mol. The topological polar surface area (TPSA) is 88.9 Å². The first kappa shape index (κ1) is 24.8. The molecule has 162 valence electrons. The van der Waals surface area contributed by atoms with Gasteiger partial charge >= 0.3 is 5.97 Å². The molecule has 0 spiro atoms. The van der Waals surface area contributed by atoms with E-state index in [9.17, 15) is 14.9 Å². The van der Waals surface area contributed by atoms with E-state index in [1.54, 1.807) is 23.1 Å². The Morgan fingerprint density at radius 2 is 1.83 bits per heavy atom. The number of rotatable bonds is 11. The van der Waals surface area contributed by atoms with Crippen LogP contribution in [0.15, 0.2) is 36.4 Å². The number of nitrogens with zero attached hydrogens (tertiary/aromatic N) is 2. The predicted octanol–water partition coefficient (Wildman–Crippen LogP) is 3.75. The third kappa shape index (κ3) is 7.28. The standard InChI is InChI=1S/C23H30N2O5/c1-7-11-29-23(27)19(14-24)12-18-9-10-20(21(13-18)28-8-2)30-15-22(26)25(16(3)4)17(5)6/h7,9-10,12-13,16-17H,1,8,11,15H2,2-6H3/b19-12+.